The molecule has 2 amide bonds. The van der Waals surface area contributed by atoms with E-state index in [1.54, 1.807) is 29.2 Å². The number of rotatable bonds is 3. The highest BCUT2D eigenvalue weighted by molar-refractivity contribution is 6.02. The van der Waals surface area contributed by atoms with E-state index in [1.807, 2.05) is 7.05 Å². The van der Waals surface area contributed by atoms with Gasteiger partial charge in [-0.1, -0.05) is 31.4 Å². The van der Waals surface area contributed by atoms with Crippen molar-refractivity contribution in [2.75, 3.05) is 19.5 Å². The van der Waals surface area contributed by atoms with Gasteiger partial charge in [0.2, 0.25) is 0 Å². The van der Waals surface area contributed by atoms with Crippen molar-refractivity contribution in [2.45, 2.75) is 38.1 Å². The normalized spacial score (nSPS) is 15.3. The van der Waals surface area contributed by atoms with Gasteiger partial charge < -0.3 is 9.64 Å². The second-order valence-corrected chi connectivity index (χ2v) is 5.37. The number of hydrogen-bond donors (Lipinski definition) is 1. The van der Waals surface area contributed by atoms with E-state index in [1.165, 1.54) is 26.4 Å². The van der Waals surface area contributed by atoms with Crippen molar-refractivity contribution in [3.8, 4) is 0 Å². The van der Waals surface area contributed by atoms with Crippen LogP contribution in [0.3, 0.4) is 0 Å². The molecular weight excluding hydrogens is 268 g/mol. The summed E-state index contributed by atoms with van der Waals surface area (Å²) in [5, 5.41) is 2.59. The number of hydrogen-bond acceptors (Lipinski definition) is 3. The van der Waals surface area contributed by atoms with Crippen LogP contribution in [0, 0.1) is 0 Å². The lowest BCUT2D eigenvalue weighted by Gasteiger charge is -2.31. The van der Waals surface area contributed by atoms with E-state index in [0.717, 1.165) is 12.8 Å². The lowest BCUT2D eigenvalue weighted by molar-refractivity contribution is 0.0697. The van der Waals surface area contributed by atoms with Crippen LogP contribution < -0.4 is 5.32 Å². The highest BCUT2D eigenvalue weighted by Crippen LogP contribution is 2.25. The van der Waals surface area contributed by atoms with Crippen molar-refractivity contribution >= 4 is 17.7 Å². The zero-order chi connectivity index (χ0) is 15.2. The molecule has 0 aromatic heterocycles. The summed E-state index contributed by atoms with van der Waals surface area (Å²) in [7, 11) is 3.14. The van der Waals surface area contributed by atoms with E-state index in [2.05, 4.69) is 10.1 Å². The van der Waals surface area contributed by atoms with Crippen LogP contribution in [0.25, 0.3) is 0 Å². The zero-order valence-corrected chi connectivity index (χ0v) is 12.6. The highest BCUT2D eigenvalue weighted by atomic mass is 16.5. The number of nitrogens with one attached hydrogen (secondary N) is 1. The Kier molecular flexibility index (Phi) is 5.20. The third-order valence-corrected chi connectivity index (χ3v) is 4.02. The minimum atomic E-state index is -0.574. The summed E-state index contributed by atoms with van der Waals surface area (Å²) in [5.41, 5.74) is 0.980. The molecule has 0 radical (unpaired) electrons. The summed E-state index contributed by atoms with van der Waals surface area (Å²) in [4.78, 5) is 25.8. The van der Waals surface area contributed by atoms with Crippen molar-refractivity contribution in [1.82, 2.24) is 4.90 Å². The van der Waals surface area contributed by atoms with Crippen molar-refractivity contribution in [1.29, 1.82) is 0 Å². The minimum absolute atomic E-state index is 0.0612. The number of nitrogens with zero attached hydrogens (tertiary/aromatic N) is 1. The molecule has 21 heavy (non-hydrogen) atoms. The zero-order valence-electron chi connectivity index (χ0n) is 12.6. The molecule has 0 atom stereocenters. The van der Waals surface area contributed by atoms with Gasteiger partial charge in [0.15, 0.2) is 0 Å². The predicted octanol–water partition coefficient (Wildman–Crippen LogP) is 3.27. The summed E-state index contributed by atoms with van der Waals surface area (Å²) in [6.07, 6.45) is 5.12. The summed E-state index contributed by atoms with van der Waals surface area (Å²) >= 11 is 0. The summed E-state index contributed by atoms with van der Waals surface area (Å²) < 4.78 is 4.59. The van der Waals surface area contributed by atoms with Gasteiger partial charge in [-0.15, -0.1) is 0 Å². The first-order valence-corrected chi connectivity index (χ1v) is 7.34. The Morgan fingerprint density at radius 2 is 1.86 bits per heavy atom. The molecule has 114 valence electrons. The number of amides is 2. The topological polar surface area (TPSA) is 58.6 Å². The van der Waals surface area contributed by atoms with Gasteiger partial charge in [-0.05, 0) is 25.0 Å². The number of benzene rings is 1. The van der Waals surface area contributed by atoms with E-state index >= 15 is 0 Å². The molecule has 5 nitrogen and oxygen atoms in total. The van der Waals surface area contributed by atoms with E-state index < -0.39 is 6.09 Å². The maximum absolute atomic E-state index is 12.7. The molecule has 2 rings (SSSR count). The van der Waals surface area contributed by atoms with Gasteiger partial charge in [0, 0.05) is 13.1 Å². The van der Waals surface area contributed by atoms with Crippen LogP contribution in [0.1, 0.15) is 42.5 Å². The molecule has 0 aliphatic heterocycles. The maximum Gasteiger partial charge on any atom is 0.411 e. The number of carbonyl (C=O) groups is 2. The minimum Gasteiger partial charge on any atom is -0.453 e. The third-order valence-electron chi connectivity index (χ3n) is 4.02. The fraction of sp³-hybridized carbons (Fsp3) is 0.500. The Morgan fingerprint density at radius 3 is 2.52 bits per heavy atom. The predicted molar refractivity (Wildman–Crippen MR) is 81.4 cm³/mol. The smallest absolute Gasteiger partial charge is 0.411 e. The molecule has 0 saturated heterocycles. The molecule has 0 unspecified atom stereocenters. The molecule has 1 aliphatic rings. The van der Waals surface area contributed by atoms with Crippen molar-refractivity contribution in [3.63, 3.8) is 0 Å². The largest absolute Gasteiger partial charge is 0.453 e. The Labute approximate surface area is 125 Å². The van der Waals surface area contributed by atoms with Gasteiger partial charge in [-0.25, -0.2) is 4.79 Å². The van der Waals surface area contributed by atoms with E-state index in [0.29, 0.717) is 11.3 Å². The lowest BCUT2D eigenvalue weighted by Crippen LogP contribution is -2.38. The van der Waals surface area contributed by atoms with Crippen LogP contribution in [-0.4, -0.2) is 37.1 Å². The van der Waals surface area contributed by atoms with Crippen LogP contribution >= 0.6 is 0 Å². The van der Waals surface area contributed by atoms with Crippen molar-refractivity contribution in [2.24, 2.45) is 0 Å². The summed E-state index contributed by atoms with van der Waals surface area (Å²) in [5.74, 6) is -0.0612. The Bertz CT molecular complexity index is 510. The van der Waals surface area contributed by atoms with Crippen molar-refractivity contribution in [3.05, 3.63) is 29.8 Å². The molecule has 1 aliphatic carbocycles. The highest BCUT2D eigenvalue weighted by Gasteiger charge is 2.24. The number of ether oxygens (including phenoxy) is 1. The monoisotopic (exact) mass is 290 g/mol. The molecule has 0 bridgehead atoms. The van der Waals surface area contributed by atoms with Gasteiger partial charge in [0.25, 0.3) is 5.91 Å². The van der Waals surface area contributed by atoms with Crippen LogP contribution in [0.2, 0.25) is 0 Å². The van der Waals surface area contributed by atoms with E-state index in [4.69, 9.17) is 0 Å². The Morgan fingerprint density at radius 1 is 1.19 bits per heavy atom. The van der Waals surface area contributed by atoms with Gasteiger partial charge in [-0.3, -0.25) is 10.1 Å². The lowest BCUT2D eigenvalue weighted by atomic mass is 9.94. The van der Waals surface area contributed by atoms with Crippen LogP contribution in [-0.2, 0) is 4.74 Å². The van der Waals surface area contributed by atoms with Crippen LogP contribution in [0.5, 0.6) is 0 Å². The number of anilines is 1. The molecule has 1 saturated carbocycles. The van der Waals surface area contributed by atoms with E-state index in [9.17, 15) is 9.59 Å². The standard InChI is InChI=1S/C16H22N2O3/c1-18(12-8-4-3-5-9-12)15(19)13-10-6-7-11-14(13)17-16(20)21-2/h6-7,10-12H,3-5,8-9H2,1-2H3,(H,17,20). The average Bonchev–Trinajstić information content (AvgIpc) is 2.54. The molecule has 5 heteroatoms. The molecule has 1 fully saturated rings. The fourth-order valence-electron chi connectivity index (χ4n) is 2.76. The average molecular weight is 290 g/mol. The SMILES string of the molecule is COC(=O)Nc1ccccc1C(=O)N(C)C1CCCCC1. The van der Waals surface area contributed by atoms with Gasteiger partial charge >= 0.3 is 6.09 Å². The van der Waals surface area contributed by atoms with Crippen molar-refractivity contribution < 1.29 is 14.3 Å². The molecule has 0 spiro atoms. The van der Waals surface area contributed by atoms with Crippen LogP contribution in [0.15, 0.2) is 24.3 Å². The first kappa shape index (κ1) is 15.4. The number of para-hydroxylation sites is 1. The third kappa shape index (κ3) is 3.74. The number of carbonyl (C=O) groups excluding carboxylic acids is 2. The maximum atomic E-state index is 12.7. The van der Waals surface area contributed by atoms with Crippen LogP contribution in [0.4, 0.5) is 10.5 Å². The summed E-state index contributed by atoms with van der Waals surface area (Å²) in [6.45, 7) is 0. The quantitative estimate of drug-likeness (QED) is 0.929. The fourth-order valence-corrected chi connectivity index (χ4v) is 2.76. The molecule has 0 heterocycles. The van der Waals surface area contributed by atoms with Gasteiger partial charge in [0.1, 0.15) is 0 Å². The second kappa shape index (κ2) is 7.11. The second-order valence-electron chi connectivity index (χ2n) is 5.37. The Hall–Kier alpha value is -2.04. The molecular formula is C16H22N2O3. The first-order valence-electron chi connectivity index (χ1n) is 7.34. The van der Waals surface area contributed by atoms with Gasteiger partial charge in [-0.2, -0.15) is 0 Å². The Balaban J connectivity index is 2.16. The van der Waals surface area contributed by atoms with Gasteiger partial charge in [0.05, 0.1) is 18.4 Å². The number of methoxy groups -OCH3 is 1. The van der Waals surface area contributed by atoms with E-state index in [-0.39, 0.29) is 11.9 Å². The molecule has 1 N–H and O–H groups in total. The first-order chi connectivity index (χ1) is 10.1. The molecule has 1 aromatic carbocycles. The molecule has 1 aromatic rings. The summed E-state index contributed by atoms with van der Waals surface area (Å²) in [6, 6.07) is 7.30.